The van der Waals surface area contributed by atoms with Crippen molar-refractivity contribution < 1.29 is 14.2 Å². The molecule has 1 aromatic carbocycles. The molecule has 5 nitrogen and oxygen atoms in total. The maximum absolute atomic E-state index is 5.93. The van der Waals surface area contributed by atoms with Crippen LogP contribution in [0.4, 0.5) is 0 Å². The van der Waals surface area contributed by atoms with E-state index in [0.717, 1.165) is 37.2 Å². The highest BCUT2D eigenvalue weighted by Gasteiger charge is 2.17. The number of rotatable bonds is 5. The Labute approximate surface area is 113 Å². The van der Waals surface area contributed by atoms with Gasteiger partial charge in [-0.15, -0.1) is 0 Å². The summed E-state index contributed by atoms with van der Waals surface area (Å²) < 4.78 is 16.7. The molecule has 2 rings (SSSR count). The van der Waals surface area contributed by atoms with Crippen LogP contribution in [-0.2, 0) is 4.74 Å². The first-order valence-electron chi connectivity index (χ1n) is 6.66. The SMILES string of the molecule is COc1cc(OC2CCCCO2)ccc1C(N)CN. The van der Waals surface area contributed by atoms with Crippen molar-refractivity contribution in [1.29, 1.82) is 0 Å². The van der Waals surface area contributed by atoms with Crippen LogP contribution in [0.3, 0.4) is 0 Å². The van der Waals surface area contributed by atoms with Crippen LogP contribution in [0.2, 0.25) is 0 Å². The van der Waals surface area contributed by atoms with E-state index in [-0.39, 0.29) is 12.3 Å². The van der Waals surface area contributed by atoms with Crippen LogP contribution in [-0.4, -0.2) is 26.6 Å². The first-order valence-corrected chi connectivity index (χ1v) is 6.66. The van der Waals surface area contributed by atoms with Gasteiger partial charge in [0.2, 0.25) is 0 Å². The van der Waals surface area contributed by atoms with E-state index >= 15 is 0 Å². The molecule has 4 N–H and O–H groups in total. The zero-order valence-corrected chi connectivity index (χ0v) is 11.3. The summed E-state index contributed by atoms with van der Waals surface area (Å²) in [6.45, 7) is 1.14. The van der Waals surface area contributed by atoms with Crippen LogP contribution >= 0.6 is 0 Å². The van der Waals surface area contributed by atoms with E-state index < -0.39 is 0 Å². The monoisotopic (exact) mass is 266 g/mol. The van der Waals surface area contributed by atoms with Gasteiger partial charge in [-0.25, -0.2) is 0 Å². The minimum atomic E-state index is -0.227. The number of ether oxygens (including phenoxy) is 3. The molecule has 1 aliphatic rings. The van der Waals surface area contributed by atoms with E-state index in [4.69, 9.17) is 25.7 Å². The summed E-state index contributed by atoms with van der Waals surface area (Å²) >= 11 is 0. The Morgan fingerprint density at radius 1 is 1.42 bits per heavy atom. The van der Waals surface area contributed by atoms with E-state index in [9.17, 15) is 0 Å². The molecule has 0 saturated carbocycles. The molecule has 2 atom stereocenters. The van der Waals surface area contributed by atoms with Crippen LogP contribution in [0.15, 0.2) is 18.2 Å². The van der Waals surface area contributed by atoms with Gasteiger partial charge in [-0.05, 0) is 18.9 Å². The first kappa shape index (κ1) is 14.1. The summed E-state index contributed by atoms with van der Waals surface area (Å²) in [5, 5.41) is 0. The minimum Gasteiger partial charge on any atom is -0.496 e. The molecular weight excluding hydrogens is 244 g/mol. The summed E-state index contributed by atoms with van der Waals surface area (Å²) in [7, 11) is 1.61. The quantitative estimate of drug-likeness (QED) is 0.845. The van der Waals surface area contributed by atoms with Gasteiger partial charge in [-0.1, -0.05) is 6.07 Å². The van der Waals surface area contributed by atoms with E-state index in [1.165, 1.54) is 0 Å². The molecule has 19 heavy (non-hydrogen) atoms. The second-order valence-corrected chi connectivity index (χ2v) is 4.66. The van der Waals surface area contributed by atoms with Crippen LogP contribution in [0.5, 0.6) is 11.5 Å². The third-order valence-corrected chi connectivity index (χ3v) is 3.26. The number of hydrogen-bond donors (Lipinski definition) is 2. The summed E-state index contributed by atoms with van der Waals surface area (Å²) in [5.41, 5.74) is 12.4. The molecule has 2 unspecified atom stereocenters. The maximum Gasteiger partial charge on any atom is 0.199 e. The summed E-state index contributed by atoms with van der Waals surface area (Å²) in [4.78, 5) is 0. The molecule has 1 saturated heterocycles. The Bertz CT molecular complexity index is 406. The highest BCUT2D eigenvalue weighted by molar-refractivity contribution is 5.42. The zero-order valence-electron chi connectivity index (χ0n) is 11.3. The normalized spacial score (nSPS) is 20.9. The van der Waals surface area contributed by atoms with Gasteiger partial charge in [0.1, 0.15) is 11.5 Å². The van der Waals surface area contributed by atoms with Crippen LogP contribution in [0.1, 0.15) is 30.9 Å². The predicted octanol–water partition coefficient (Wildman–Crippen LogP) is 1.56. The fourth-order valence-electron chi connectivity index (χ4n) is 2.15. The average Bonchev–Trinajstić information content (AvgIpc) is 2.47. The lowest BCUT2D eigenvalue weighted by molar-refractivity contribution is -0.105. The standard InChI is InChI=1S/C14H22N2O3/c1-17-13-8-10(5-6-11(13)12(16)9-15)19-14-4-2-3-7-18-14/h5-6,8,12,14H,2-4,7,9,15-16H2,1H3. The van der Waals surface area contributed by atoms with Gasteiger partial charge in [-0.3, -0.25) is 0 Å². The van der Waals surface area contributed by atoms with Crippen molar-refractivity contribution in [2.45, 2.75) is 31.6 Å². The average molecular weight is 266 g/mol. The molecule has 1 aromatic rings. The second-order valence-electron chi connectivity index (χ2n) is 4.66. The van der Waals surface area contributed by atoms with Gasteiger partial charge in [0.15, 0.2) is 6.29 Å². The van der Waals surface area contributed by atoms with E-state index in [0.29, 0.717) is 12.3 Å². The van der Waals surface area contributed by atoms with Crippen molar-refractivity contribution in [3.63, 3.8) is 0 Å². The Balaban J connectivity index is 2.09. The minimum absolute atomic E-state index is 0.160. The fraction of sp³-hybridized carbons (Fsp3) is 0.571. The van der Waals surface area contributed by atoms with Gasteiger partial charge in [-0.2, -0.15) is 0 Å². The molecule has 106 valence electrons. The molecule has 0 aliphatic carbocycles. The number of nitrogens with two attached hydrogens (primary N) is 2. The lowest BCUT2D eigenvalue weighted by Gasteiger charge is -2.24. The third kappa shape index (κ3) is 3.59. The summed E-state index contributed by atoms with van der Waals surface area (Å²) in [5.74, 6) is 1.43. The molecule has 0 spiro atoms. The highest BCUT2D eigenvalue weighted by Crippen LogP contribution is 2.29. The number of methoxy groups -OCH3 is 1. The van der Waals surface area contributed by atoms with Gasteiger partial charge in [0, 0.05) is 30.6 Å². The second kappa shape index (κ2) is 6.75. The van der Waals surface area contributed by atoms with Crippen molar-refractivity contribution in [2.24, 2.45) is 11.5 Å². The van der Waals surface area contributed by atoms with Crippen LogP contribution < -0.4 is 20.9 Å². The molecule has 5 heteroatoms. The summed E-state index contributed by atoms with van der Waals surface area (Å²) in [6.07, 6.45) is 3.00. The molecule has 0 amide bonds. The van der Waals surface area contributed by atoms with Crippen LogP contribution in [0, 0.1) is 0 Å². The summed E-state index contributed by atoms with van der Waals surface area (Å²) in [6, 6.07) is 5.39. The molecular formula is C14H22N2O3. The molecule has 0 aromatic heterocycles. The van der Waals surface area contributed by atoms with Crippen molar-refractivity contribution in [3.8, 4) is 11.5 Å². The lowest BCUT2D eigenvalue weighted by Crippen LogP contribution is -2.25. The lowest BCUT2D eigenvalue weighted by atomic mass is 10.1. The molecule has 1 heterocycles. The zero-order chi connectivity index (χ0) is 13.7. The third-order valence-electron chi connectivity index (χ3n) is 3.26. The maximum atomic E-state index is 5.93. The van der Waals surface area contributed by atoms with Crippen LogP contribution in [0.25, 0.3) is 0 Å². The Morgan fingerprint density at radius 2 is 2.26 bits per heavy atom. The largest absolute Gasteiger partial charge is 0.496 e. The van der Waals surface area contributed by atoms with Crippen molar-refractivity contribution in [2.75, 3.05) is 20.3 Å². The number of benzene rings is 1. The number of hydrogen-bond acceptors (Lipinski definition) is 5. The van der Waals surface area contributed by atoms with Crippen molar-refractivity contribution in [3.05, 3.63) is 23.8 Å². The van der Waals surface area contributed by atoms with Crippen molar-refractivity contribution in [1.82, 2.24) is 0 Å². The Hall–Kier alpha value is -1.30. The Kier molecular flexibility index (Phi) is 5.01. The predicted molar refractivity (Wildman–Crippen MR) is 73.2 cm³/mol. The molecule has 1 aliphatic heterocycles. The van der Waals surface area contributed by atoms with E-state index in [1.807, 2.05) is 18.2 Å². The van der Waals surface area contributed by atoms with Gasteiger partial charge in [0.05, 0.1) is 13.7 Å². The van der Waals surface area contributed by atoms with Gasteiger partial charge < -0.3 is 25.7 Å². The molecule has 0 radical (unpaired) electrons. The smallest absolute Gasteiger partial charge is 0.199 e. The van der Waals surface area contributed by atoms with Gasteiger partial charge >= 0.3 is 0 Å². The first-order chi connectivity index (χ1) is 9.24. The van der Waals surface area contributed by atoms with E-state index in [1.54, 1.807) is 7.11 Å². The van der Waals surface area contributed by atoms with Gasteiger partial charge in [0.25, 0.3) is 0 Å². The van der Waals surface area contributed by atoms with E-state index in [2.05, 4.69) is 0 Å². The Morgan fingerprint density at radius 3 is 2.89 bits per heavy atom. The molecule has 0 bridgehead atoms. The van der Waals surface area contributed by atoms with Crippen molar-refractivity contribution >= 4 is 0 Å². The highest BCUT2D eigenvalue weighted by atomic mass is 16.7. The fourth-order valence-corrected chi connectivity index (χ4v) is 2.15. The molecule has 1 fully saturated rings. The topological polar surface area (TPSA) is 79.7 Å².